The van der Waals surface area contributed by atoms with Gasteiger partial charge in [0.15, 0.2) is 0 Å². The first-order chi connectivity index (χ1) is 15.3. The highest BCUT2D eigenvalue weighted by molar-refractivity contribution is 7.92. The summed E-state index contributed by atoms with van der Waals surface area (Å²) in [6, 6.07) is 12.3. The van der Waals surface area contributed by atoms with E-state index in [2.05, 4.69) is 5.32 Å². The maximum Gasteiger partial charge on any atom is 0.244 e. The summed E-state index contributed by atoms with van der Waals surface area (Å²) in [5, 5.41) is 2.84. The number of carbonyl (C=O) groups excluding carboxylic acids is 2. The van der Waals surface area contributed by atoms with Crippen molar-refractivity contribution in [3.63, 3.8) is 0 Å². The molecule has 0 aliphatic carbocycles. The lowest BCUT2D eigenvalue weighted by molar-refractivity contribution is -0.139. The standard InChI is InChI=1S/C25H35N3O4S/c1-17(2)26-25(30)21(6)27(15-22-10-8-9-18(3)13-22)24(29)16-28(33(7,31)32)23-14-19(4)11-12-20(23)5/h8-14,17,21H,15-16H2,1-7H3,(H,26,30)/t21-/m1/s1. The Balaban J connectivity index is 2.44. The number of rotatable bonds is 9. The quantitative estimate of drug-likeness (QED) is 0.605. The lowest BCUT2D eigenvalue weighted by atomic mass is 10.1. The van der Waals surface area contributed by atoms with E-state index in [0.29, 0.717) is 5.69 Å². The van der Waals surface area contributed by atoms with Crippen LogP contribution in [0.3, 0.4) is 0 Å². The summed E-state index contributed by atoms with van der Waals surface area (Å²) < 4.78 is 26.5. The highest BCUT2D eigenvalue weighted by atomic mass is 32.2. The number of anilines is 1. The van der Waals surface area contributed by atoms with Gasteiger partial charge in [-0.2, -0.15) is 0 Å². The van der Waals surface area contributed by atoms with Gasteiger partial charge >= 0.3 is 0 Å². The topological polar surface area (TPSA) is 86.8 Å². The first-order valence-corrected chi connectivity index (χ1v) is 12.8. The predicted octanol–water partition coefficient (Wildman–Crippen LogP) is 3.32. The molecule has 180 valence electrons. The van der Waals surface area contributed by atoms with E-state index < -0.39 is 28.5 Å². The Morgan fingerprint density at radius 2 is 1.61 bits per heavy atom. The summed E-state index contributed by atoms with van der Waals surface area (Å²) in [6.45, 7) is 10.8. The second kappa shape index (κ2) is 10.8. The van der Waals surface area contributed by atoms with E-state index in [1.807, 2.05) is 64.1 Å². The van der Waals surface area contributed by atoms with Gasteiger partial charge < -0.3 is 10.2 Å². The van der Waals surface area contributed by atoms with E-state index in [9.17, 15) is 18.0 Å². The molecule has 0 saturated heterocycles. The summed E-state index contributed by atoms with van der Waals surface area (Å²) in [7, 11) is -3.75. The molecule has 1 N–H and O–H groups in total. The molecule has 0 spiro atoms. The molecule has 33 heavy (non-hydrogen) atoms. The molecule has 0 fully saturated rings. The zero-order valence-electron chi connectivity index (χ0n) is 20.5. The molecule has 2 amide bonds. The molecule has 2 aromatic rings. The van der Waals surface area contributed by atoms with E-state index in [-0.39, 0.29) is 18.5 Å². The molecule has 0 aliphatic rings. The van der Waals surface area contributed by atoms with Crippen LogP contribution in [0.2, 0.25) is 0 Å². The Morgan fingerprint density at radius 1 is 0.970 bits per heavy atom. The Morgan fingerprint density at radius 3 is 2.18 bits per heavy atom. The van der Waals surface area contributed by atoms with Crippen molar-refractivity contribution in [2.75, 3.05) is 17.1 Å². The van der Waals surface area contributed by atoms with E-state index in [0.717, 1.165) is 32.8 Å². The van der Waals surface area contributed by atoms with Gasteiger partial charge in [0.1, 0.15) is 12.6 Å². The summed E-state index contributed by atoms with van der Waals surface area (Å²) in [5.41, 5.74) is 3.99. The number of hydrogen-bond acceptors (Lipinski definition) is 4. The molecule has 0 aromatic heterocycles. The molecule has 0 heterocycles. The Hall–Kier alpha value is -2.87. The summed E-state index contributed by atoms with van der Waals surface area (Å²) >= 11 is 0. The first kappa shape index (κ1) is 26.4. The van der Waals surface area contributed by atoms with Crippen molar-refractivity contribution >= 4 is 27.5 Å². The van der Waals surface area contributed by atoms with Crippen LogP contribution in [0.5, 0.6) is 0 Å². The van der Waals surface area contributed by atoms with Gasteiger partial charge in [-0.05, 0) is 64.3 Å². The van der Waals surface area contributed by atoms with Gasteiger partial charge in [0, 0.05) is 12.6 Å². The fraction of sp³-hybridized carbons (Fsp3) is 0.440. The molecule has 8 heteroatoms. The number of hydrogen-bond donors (Lipinski definition) is 1. The van der Waals surface area contributed by atoms with Gasteiger partial charge in [-0.25, -0.2) is 8.42 Å². The van der Waals surface area contributed by atoms with E-state index in [1.54, 1.807) is 19.9 Å². The fourth-order valence-corrected chi connectivity index (χ4v) is 4.48. The minimum absolute atomic E-state index is 0.0849. The molecule has 7 nitrogen and oxygen atoms in total. The van der Waals surface area contributed by atoms with Gasteiger partial charge in [-0.3, -0.25) is 13.9 Å². The van der Waals surface area contributed by atoms with Gasteiger partial charge in [0.2, 0.25) is 21.8 Å². The van der Waals surface area contributed by atoms with Gasteiger partial charge in [0.25, 0.3) is 0 Å². The van der Waals surface area contributed by atoms with Crippen molar-refractivity contribution in [2.24, 2.45) is 0 Å². The number of carbonyl (C=O) groups is 2. The van der Waals surface area contributed by atoms with Crippen molar-refractivity contribution in [1.29, 1.82) is 0 Å². The summed E-state index contributed by atoms with van der Waals surface area (Å²) in [6.07, 6.45) is 1.09. The molecular weight excluding hydrogens is 438 g/mol. The van der Waals surface area contributed by atoms with Crippen LogP contribution < -0.4 is 9.62 Å². The largest absolute Gasteiger partial charge is 0.352 e. The van der Waals surface area contributed by atoms with Crippen LogP contribution in [0.4, 0.5) is 5.69 Å². The molecule has 0 saturated carbocycles. The van der Waals surface area contributed by atoms with Crippen molar-refractivity contribution < 1.29 is 18.0 Å². The predicted molar refractivity (Wildman–Crippen MR) is 133 cm³/mol. The maximum absolute atomic E-state index is 13.5. The number of nitrogens with one attached hydrogen (secondary N) is 1. The van der Waals surface area contributed by atoms with Crippen molar-refractivity contribution in [1.82, 2.24) is 10.2 Å². The molecule has 1 atom stereocenters. The minimum atomic E-state index is -3.75. The fourth-order valence-electron chi connectivity index (χ4n) is 3.58. The minimum Gasteiger partial charge on any atom is -0.352 e. The lowest BCUT2D eigenvalue weighted by Crippen LogP contribution is -2.52. The van der Waals surface area contributed by atoms with Crippen LogP contribution in [0.1, 0.15) is 43.0 Å². The smallest absolute Gasteiger partial charge is 0.244 e. The first-order valence-electron chi connectivity index (χ1n) is 11.0. The third-order valence-corrected chi connectivity index (χ3v) is 6.47. The Kier molecular flexibility index (Phi) is 8.66. The normalized spacial score (nSPS) is 12.4. The van der Waals surface area contributed by atoms with Crippen LogP contribution >= 0.6 is 0 Å². The van der Waals surface area contributed by atoms with Crippen molar-refractivity contribution in [2.45, 2.75) is 60.2 Å². The number of amides is 2. The molecule has 2 rings (SSSR count). The molecule has 2 aromatic carbocycles. The summed E-state index contributed by atoms with van der Waals surface area (Å²) in [4.78, 5) is 27.7. The second-order valence-electron chi connectivity index (χ2n) is 8.91. The maximum atomic E-state index is 13.5. The van der Waals surface area contributed by atoms with Crippen molar-refractivity contribution in [3.8, 4) is 0 Å². The van der Waals surface area contributed by atoms with Crippen molar-refractivity contribution in [3.05, 3.63) is 64.7 Å². The van der Waals surface area contributed by atoms with Crippen LogP contribution in [-0.4, -0.2) is 50.0 Å². The summed E-state index contributed by atoms with van der Waals surface area (Å²) in [5.74, 6) is -0.738. The molecule has 0 bridgehead atoms. The second-order valence-corrected chi connectivity index (χ2v) is 10.8. The lowest BCUT2D eigenvalue weighted by Gasteiger charge is -2.32. The van der Waals surface area contributed by atoms with E-state index >= 15 is 0 Å². The number of aryl methyl sites for hydroxylation is 3. The van der Waals surface area contributed by atoms with E-state index in [4.69, 9.17) is 0 Å². The van der Waals surface area contributed by atoms with Gasteiger partial charge in [0.05, 0.1) is 11.9 Å². The number of benzene rings is 2. The van der Waals surface area contributed by atoms with Crippen LogP contribution in [-0.2, 0) is 26.2 Å². The van der Waals surface area contributed by atoms with Crippen LogP contribution in [0.15, 0.2) is 42.5 Å². The molecule has 0 radical (unpaired) electrons. The zero-order chi connectivity index (χ0) is 24.9. The van der Waals surface area contributed by atoms with Crippen LogP contribution in [0, 0.1) is 20.8 Å². The average Bonchev–Trinajstić information content (AvgIpc) is 2.70. The molecule has 0 unspecified atom stereocenters. The number of sulfonamides is 1. The molecule has 0 aliphatic heterocycles. The monoisotopic (exact) mass is 473 g/mol. The Labute approximate surface area is 197 Å². The number of nitrogens with zero attached hydrogens (tertiary/aromatic N) is 2. The average molecular weight is 474 g/mol. The van der Waals surface area contributed by atoms with Gasteiger partial charge in [-0.15, -0.1) is 0 Å². The highest BCUT2D eigenvalue weighted by Gasteiger charge is 2.30. The SMILES string of the molecule is Cc1cccc(CN(C(=O)CN(c2cc(C)ccc2C)S(C)(=O)=O)[C@H](C)C(=O)NC(C)C)c1. The van der Waals surface area contributed by atoms with E-state index in [1.165, 1.54) is 4.90 Å². The zero-order valence-corrected chi connectivity index (χ0v) is 21.4. The van der Waals surface area contributed by atoms with Gasteiger partial charge in [-0.1, -0.05) is 42.0 Å². The highest BCUT2D eigenvalue weighted by Crippen LogP contribution is 2.24. The molecular formula is C25H35N3O4S. The Bertz CT molecular complexity index is 1110. The third kappa shape index (κ3) is 7.32. The van der Waals surface area contributed by atoms with Crippen LogP contribution in [0.25, 0.3) is 0 Å². The third-order valence-electron chi connectivity index (χ3n) is 5.35.